The minimum Gasteiger partial charge on any atom is -0.444 e. The SMILES string of the molecule is CCCCCNC(=O)C(c1ccccc1C)N(C(=O)C(CS)NC(=O)OC(C)(C)C)C(C)C. The monoisotopic (exact) mass is 479 g/mol. The Morgan fingerprint density at radius 3 is 2.27 bits per heavy atom. The molecule has 0 aliphatic heterocycles. The van der Waals surface area contributed by atoms with Gasteiger partial charge in [-0.2, -0.15) is 12.6 Å². The lowest BCUT2D eigenvalue weighted by atomic mass is 9.97. The molecule has 0 radical (unpaired) electrons. The Morgan fingerprint density at radius 2 is 1.76 bits per heavy atom. The third kappa shape index (κ3) is 9.27. The van der Waals surface area contributed by atoms with E-state index in [1.54, 1.807) is 20.8 Å². The maximum Gasteiger partial charge on any atom is 0.408 e. The van der Waals surface area contributed by atoms with Crippen LogP contribution in [0.3, 0.4) is 0 Å². The second-order valence-corrected chi connectivity index (χ2v) is 9.84. The molecule has 0 saturated heterocycles. The van der Waals surface area contributed by atoms with Crippen LogP contribution in [0.2, 0.25) is 0 Å². The molecule has 0 aliphatic rings. The number of thiol groups is 1. The Bertz CT molecular complexity index is 792. The highest BCUT2D eigenvalue weighted by atomic mass is 32.1. The zero-order valence-electron chi connectivity index (χ0n) is 21.1. The van der Waals surface area contributed by atoms with Crippen molar-refractivity contribution in [2.75, 3.05) is 12.3 Å². The highest BCUT2D eigenvalue weighted by Crippen LogP contribution is 2.27. The minimum atomic E-state index is -0.940. The molecule has 0 aliphatic carbocycles. The number of alkyl carbamates (subject to hydrolysis) is 1. The van der Waals surface area contributed by atoms with E-state index in [0.29, 0.717) is 6.54 Å². The van der Waals surface area contributed by atoms with E-state index >= 15 is 0 Å². The minimum absolute atomic E-state index is 0.0694. The first-order valence-corrected chi connectivity index (χ1v) is 12.3. The molecule has 1 aromatic rings. The lowest BCUT2D eigenvalue weighted by Gasteiger charge is -2.37. The molecule has 33 heavy (non-hydrogen) atoms. The molecule has 0 spiro atoms. The average molecular weight is 480 g/mol. The Kier molecular flexibility index (Phi) is 11.8. The van der Waals surface area contributed by atoms with Crippen LogP contribution in [-0.2, 0) is 14.3 Å². The van der Waals surface area contributed by atoms with Crippen molar-refractivity contribution in [2.45, 2.75) is 91.5 Å². The van der Waals surface area contributed by atoms with Gasteiger partial charge in [0.15, 0.2) is 0 Å². The van der Waals surface area contributed by atoms with Crippen molar-refractivity contribution in [2.24, 2.45) is 0 Å². The highest BCUT2D eigenvalue weighted by molar-refractivity contribution is 7.80. The maximum atomic E-state index is 13.7. The van der Waals surface area contributed by atoms with Gasteiger partial charge < -0.3 is 20.3 Å². The number of rotatable bonds is 11. The molecule has 0 heterocycles. The second kappa shape index (κ2) is 13.5. The van der Waals surface area contributed by atoms with E-state index in [-0.39, 0.29) is 23.6 Å². The van der Waals surface area contributed by atoms with Gasteiger partial charge in [0.25, 0.3) is 0 Å². The Balaban J connectivity index is 3.28. The molecule has 2 atom stereocenters. The number of unbranched alkanes of at least 4 members (excludes halogenated alkanes) is 2. The number of nitrogens with one attached hydrogen (secondary N) is 2. The van der Waals surface area contributed by atoms with Crippen LogP contribution in [0.4, 0.5) is 4.79 Å². The molecule has 7 nitrogen and oxygen atoms in total. The molecule has 186 valence electrons. The molecule has 8 heteroatoms. The van der Waals surface area contributed by atoms with Gasteiger partial charge in [0, 0.05) is 18.3 Å². The molecule has 0 bridgehead atoms. The van der Waals surface area contributed by atoms with Gasteiger partial charge >= 0.3 is 6.09 Å². The van der Waals surface area contributed by atoms with Crippen LogP contribution >= 0.6 is 12.6 Å². The van der Waals surface area contributed by atoms with Gasteiger partial charge in [0.05, 0.1) is 0 Å². The fraction of sp³-hybridized carbons (Fsp3) is 0.640. The first kappa shape index (κ1) is 28.8. The maximum absolute atomic E-state index is 13.7. The van der Waals surface area contributed by atoms with E-state index in [0.717, 1.165) is 30.4 Å². The predicted molar refractivity (Wildman–Crippen MR) is 135 cm³/mol. The van der Waals surface area contributed by atoms with Crippen LogP contribution in [0, 0.1) is 6.92 Å². The van der Waals surface area contributed by atoms with Gasteiger partial charge in [-0.25, -0.2) is 4.79 Å². The third-order valence-corrected chi connectivity index (χ3v) is 5.44. The Morgan fingerprint density at radius 1 is 1.12 bits per heavy atom. The van der Waals surface area contributed by atoms with Crippen LogP contribution in [-0.4, -0.2) is 52.8 Å². The number of carbonyl (C=O) groups is 3. The summed E-state index contributed by atoms with van der Waals surface area (Å²) >= 11 is 4.29. The van der Waals surface area contributed by atoms with Crippen molar-refractivity contribution in [3.63, 3.8) is 0 Å². The van der Waals surface area contributed by atoms with Crippen LogP contribution < -0.4 is 10.6 Å². The zero-order chi connectivity index (χ0) is 25.2. The summed E-state index contributed by atoms with van der Waals surface area (Å²) in [6.07, 6.45) is 2.24. The second-order valence-electron chi connectivity index (χ2n) is 9.48. The van der Waals surface area contributed by atoms with E-state index < -0.39 is 23.8 Å². The molecular weight excluding hydrogens is 438 g/mol. The number of amides is 3. The predicted octanol–water partition coefficient (Wildman–Crippen LogP) is 4.40. The van der Waals surface area contributed by atoms with Crippen LogP contribution in [0.15, 0.2) is 24.3 Å². The quantitative estimate of drug-likeness (QED) is 0.324. The zero-order valence-corrected chi connectivity index (χ0v) is 22.0. The van der Waals surface area contributed by atoms with Gasteiger partial charge in [0.2, 0.25) is 11.8 Å². The van der Waals surface area contributed by atoms with Crippen molar-refractivity contribution in [1.29, 1.82) is 0 Å². The smallest absolute Gasteiger partial charge is 0.408 e. The van der Waals surface area contributed by atoms with Crippen molar-refractivity contribution in [3.05, 3.63) is 35.4 Å². The fourth-order valence-corrected chi connectivity index (χ4v) is 3.74. The summed E-state index contributed by atoms with van der Waals surface area (Å²) in [5.41, 5.74) is 0.962. The van der Waals surface area contributed by atoms with Crippen LogP contribution in [0.1, 0.15) is 78.0 Å². The molecule has 3 amide bonds. The number of benzene rings is 1. The molecule has 2 N–H and O–H groups in total. The van der Waals surface area contributed by atoms with Crippen molar-refractivity contribution < 1.29 is 19.1 Å². The number of nitrogens with zero attached hydrogens (tertiary/aromatic N) is 1. The van der Waals surface area contributed by atoms with E-state index in [2.05, 4.69) is 30.2 Å². The molecule has 0 fully saturated rings. The largest absolute Gasteiger partial charge is 0.444 e. The van der Waals surface area contributed by atoms with Crippen molar-refractivity contribution >= 4 is 30.5 Å². The summed E-state index contributed by atoms with van der Waals surface area (Å²) in [7, 11) is 0. The van der Waals surface area contributed by atoms with Crippen LogP contribution in [0.25, 0.3) is 0 Å². The molecule has 0 aromatic heterocycles. The number of hydrogen-bond acceptors (Lipinski definition) is 5. The normalized spacial score (nSPS) is 13.2. The summed E-state index contributed by atoms with van der Waals surface area (Å²) in [6, 6.07) is 5.48. The van der Waals surface area contributed by atoms with Gasteiger partial charge in [-0.05, 0) is 59.1 Å². The number of ether oxygens (including phenoxy) is 1. The van der Waals surface area contributed by atoms with E-state index in [1.807, 2.05) is 45.0 Å². The topological polar surface area (TPSA) is 87.7 Å². The fourth-order valence-electron chi connectivity index (χ4n) is 3.49. The average Bonchev–Trinajstić information content (AvgIpc) is 2.71. The molecule has 0 saturated carbocycles. The number of aryl methyl sites for hydroxylation is 1. The summed E-state index contributed by atoms with van der Waals surface area (Å²) in [5, 5.41) is 5.62. The highest BCUT2D eigenvalue weighted by Gasteiger charge is 2.37. The van der Waals surface area contributed by atoms with Crippen LogP contribution in [0.5, 0.6) is 0 Å². The van der Waals surface area contributed by atoms with E-state index in [1.165, 1.54) is 4.90 Å². The van der Waals surface area contributed by atoms with E-state index in [4.69, 9.17) is 4.74 Å². The van der Waals surface area contributed by atoms with Gasteiger partial charge in [-0.3, -0.25) is 9.59 Å². The summed E-state index contributed by atoms with van der Waals surface area (Å²) in [4.78, 5) is 40.9. The van der Waals surface area contributed by atoms with Gasteiger partial charge in [-0.15, -0.1) is 0 Å². The first-order chi connectivity index (χ1) is 15.4. The van der Waals surface area contributed by atoms with Crippen molar-refractivity contribution in [1.82, 2.24) is 15.5 Å². The molecule has 1 aromatic carbocycles. The lowest BCUT2D eigenvalue weighted by molar-refractivity contribution is -0.144. The first-order valence-electron chi connectivity index (χ1n) is 11.7. The molecular formula is C25H41N3O4S. The van der Waals surface area contributed by atoms with Gasteiger partial charge in [-0.1, -0.05) is 44.0 Å². The van der Waals surface area contributed by atoms with Crippen molar-refractivity contribution in [3.8, 4) is 0 Å². The Labute approximate surface area is 204 Å². The number of carbonyl (C=O) groups excluding carboxylic acids is 3. The standard InChI is InChI=1S/C25H41N3O4S/c1-8-9-12-15-26-22(29)21(19-14-11-10-13-18(19)4)28(17(2)3)23(30)20(16-33)27-24(31)32-25(5,6)7/h10-11,13-14,17,20-21,33H,8-9,12,15-16H2,1-7H3,(H,26,29)(H,27,31). The summed E-state index contributed by atoms with van der Waals surface area (Å²) < 4.78 is 5.31. The lowest BCUT2D eigenvalue weighted by Crippen LogP contribution is -2.55. The van der Waals surface area contributed by atoms with E-state index in [9.17, 15) is 14.4 Å². The third-order valence-electron chi connectivity index (χ3n) is 5.07. The summed E-state index contributed by atoms with van der Waals surface area (Å²) in [6.45, 7) is 13.5. The molecule has 1 rings (SSSR count). The number of hydrogen-bond donors (Lipinski definition) is 3. The Hall–Kier alpha value is -2.22. The summed E-state index contributed by atoms with van der Waals surface area (Å²) in [5.74, 6) is -0.555. The molecule has 2 unspecified atom stereocenters. The van der Waals surface area contributed by atoms with Gasteiger partial charge in [0.1, 0.15) is 17.7 Å².